The molecule has 0 aliphatic heterocycles. The second-order valence-corrected chi connectivity index (χ2v) is 7.68. The molecule has 1 aliphatic rings. The van der Waals surface area contributed by atoms with E-state index in [9.17, 15) is 19.5 Å². The van der Waals surface area contributed by atoms with Crippen LogP contribution in [0.3, 0.4) is 0 Å². The number of benzene rings is 3. The predicted molar refractivity (Wildman–Crippen MR) is 123 cm³/mol. The molecule has 33 heavy (non-hydrogen) atoms. The second kappa shape index (κ2) is 9.30. The maximum atomic E-state index is 12.7. The zero-order valence-electron chi connectivity index (χ0n) is 17.6. The molecule has 0 amide bonds. The summed E-state index contributed by atoms with van der Waals surface area (Å²) in [5.41, 5.74) is 1.93. The number of carbonyl (C=O) groups is 3. The minimum atomic E-state index is -1.06. The Morgan fingerprint density at radius 1 is 0.970 bits per heavy atom. The van der Waals surface area contributed by atoms with Crippen molar-refractivity contribution in [3.63, 3.8) is 0 Å². The second-order valence-electron chi connectivity index (χ2n) is 7.28. The van der Waals surface area contributed by atoms with E-state index in [1.807, 2.05) is 0 Å². The monoisotopic (exact) mass is 462 g/mol. The normalized spacial score (nSPS) is 12.5. The number of carbonyl (C=O) groups excluding carboxylic acids is 2. The smallest absolute Gasteiger partial charge is 0.336 e. The topological polar surface area (TPSA) is 89.9 Å². The standard InChI is InChI=1S/C26H19ClO6/c1-2-32-22-13-15(11-20-23(28)18-9-5-6-10-19(18)24(20)29)12-21(27)25(22)33-14-16-7-3-4-8-17(16)26(30)31/h3-13H,2,14H2,1H3,(H,30,31). The summed E-state index contributed by atoms with van der Waals surface area (Å²) in [5.74, 6) is -1.17. The van der Waals surface area contributed by atoms with Crippen molar-refractivity contribution < 1.29 is 29.0 Å². The Morgan fingerprint density at radius 2 is 1.61 bits per heavy atom. The third kappa shape index (κ3) is 4.38. The number of carboxylic acid groups (broad SMARTS) is 1. The first-order valence-electron chi connectivity index (χ1n) is 10.2. The summed E-state index contributed by atoms with van der Waals surface area (Å²) in [6.45, 7) is 2.08. The van der Waals surface area contributed by atoms with Gasteiger partial charge in [0.1, 0.15) is 6.61 Å². The van der Waals surface area contributed by atoms with Crippen LogP contribution in [0.2, 0.25) is 5.02 Å². The van der Waals surface area contributed by atoms with E-state index < -0.39 is 5.97 Å². The van der Waals surface area contributed by atoms with Gasteiger partial charge in [-0.25, -0.2) is 4.79 Å². The Bertz CT molecular complexity index is 1270. The zero-order chi connectivity index (χ0) is 23.5. The van der Waals surface area contributed by atoms with Crippen LogP contribution in [0.1, 0.15) is 49.1 Å². The van der Waals surface area contributed by atoms with Gasteiger partial charge in [0.25, 0.3) is 0 Å². The Balaban J connectivity index is 1.66. The highest BCUT2D eigenvalue weighted by atomic mass is 35.5. The molecular formula is C26H19ClO6. The van der Waals surface area contributed by atoms with Gasteiger partial charge in [-0.1, -0.05) is 54.1 Å². The van der Waals surface area contributed by atoms with Crippen LogP contribution in [-0.2, 0) is 6.61 Å². The Morgan fingerprint density at radius 3 is 2.24 bits per heavy atom. The van der Waals surface area contributed by atoms with E-state index in [1.54, 1.807) is 61.5 Å². The van der Waals surface area contributed by atoms with Crippen molar-refractivity contribution >= 4 is 35.2 Å². The molecule has 3 aromatic rings. The molecule has 0 saturated carbocycles. The lowest BCUT2D eigenvalue weighted by molar-refractivity contribution is 0.0693. The summed E-state index contributed by atoms with van der Waals surface area (Å²) in [6, 6.07) is 16.4. The molecule has 0 fully saturated rings. The highest BCUT2D eigenvalue weighted by Crippen LogP contribution is 2.39. The number of rotatable bonds is 7. The average Bonchev–Trinajstić information content (AvgIpc) is 3.04. The molecule has 3 aromatic carbocycles. The van der Waals surface area contributed by atoms with Crippen LogP contribution >= 0.6 is 11.6 Å². The Labute approximate surface area is 195 Å². The van der Waals surface area contributed by atoms with Crippen LogP contribution in [0.4, 0.5) is 0 Å². The van der Waals surface area contributed by atoms with E-state index in [-0.39, 0.29) is 40.1 Å². The summed E-state index contributed by atoms with van der Waals surface area (Å²) in [6.07, 6.45) is 1.49. The van der Waals surface area contributed by atoms with Crippen molar-refractivity contribution in [2.45, 2.75) is 13.5 Å². The molecule has 0 atom stereocenters. The molecule has 0 aromatic heterocycles. The number of halogens is 1. The Hall–Kier alpha value is -3.90. The number of hydrogen-bond donors (Lipinski definition) is 1. The summed E-state index contributed by atoms with van der Waals surface area (Å²) < 4.78 is 11.5. The number of carboxylic acids is 1. The number of ether oxygens (including phenoxy) is 2. The lowest BCUT2D eigenvalue weighted by atomic mass is 10.1. The van der Waals surface area contributed by atoms with Gasteiger partial charge in [-0.15, -0.1) is 0 Å². The molecule has 1 aliphatic carbocycles. The van der Waals surface area contributed by atoms with Gasteiger partial charge in [0, 0.05) is 16.7 Å². The molecule has 0 spiro atoms. The molecular weight excluding hydrogens is 444 g/mol. The largest absolute Gasteiger partial charge is 0.490 e. The van der Waals surface area contributed by atoms with Gasteiger partial charge in [0.2, 0.25) is 0 Å². The molecule has 6 nitrogen and oxygen atoms in total. The SMILES string of the molecule is CCOc1cc(C=C2C(=O)c3ccccc3C2=O)cc(Cl)c1OCc1ccccc1C(=O)O. The molecule has 0 heterocycles. The van der Waals surface area contributed by atoms with Crippen LogP contribution in [0.5, 0.6) is 11.5 Å². The van der Waals surface area contributed by atoms with E-state index >= 15 is 0 Å². The van der Waals surface area contributed by atoms with Crippen molar-refractivity contribution in [1.82, 2.24) is 0 Å². The van der Waals surface area contributed by atoms with Crippen LogP contribution in [0, 0.1) is 0 Å². The van der Waals surface area contributed by atoms with Crippen molar-refractivity contribution in [2.75, 3.05) is 6.61 Å². The molecule has 7 heteroatoms. The molecule has 0 bridgehead atoms. The molecule has 0 saturated heterocycles. The maximum Gasteiger partial charge on any atom is 0.336 e. The highest BCUT2D eigenvalue weighted by molar-refractivity contribution is 6.41. The van der Waals surface area contributed by atoms with Crippen LogP contribution in [0.15, 0.2) is 66.2 Å². The highest BCUT2D eigenvalue weighted by Gasteiger charge is 2.32. The van der Waals surface area contributed by atoms with E-state index in [0.29, 0.717) is 34.6 Å². The fraction of sp³-hybridized carbons (Fsp3) is 0.115. The quantitative estimate of drug-likeness (QED) is 0.369. The molecule has 0 unspecified atom stereocenters. The summed E-state index contributed by atoms with van der Waals surface area (Å²) in [4.78, 5) is 36.8. The molecule has 1 N–H and O–H groups in total. The fourth-order valence-electron chi connectivity index (χ4n) is 3.65. The molecule has 166 valence electrons. The van der Waals surface area contributed by atoms with Gasteiger partial charge < -0.3 is 14.6 Å². The summed E-state index contributed by atoms with van der Waals surface area (Å²) in [7, 11) is 0. The number of hydrogen-bond acceptors (Lipinski definition) is 5. The van der Waals surface area contributed by atoms with Crippen molar-refractivity contribution in [3.8, 4) is 11.5 Å². The minimum Gasteiger partial charge on any atom is -0.490 e. The Kier molecular flexibility index (Phi) is 6.29. The van der Waals surface area contributed by atoms with Crippen LogP contribution in [0.25, 0.3) is 6.08 Å². The average molecular weight is 463 g/mol. The van der Waals surface area contributed by atoms with Gasteiger partial charge in [0.15, 0.2) is 23.1 Å². The third-order valence-electron chi connectivity index (χ3n) is 5.17. The summed E-state index contributed by atoms with van der Waals surface area (Å²) >= 11 is 6.47. The van der Waals surface area contributed by atoms with E-state index in [4.69, 9.17) is 21.1 Å². The van der Waals surface area contributed by atoms with Gasteiger partial charge in [0.05, 0.1) is 22.8 Å². The number of Topliss-reactive ketones (excluding diaryl/α,β-unsaturated/α-hetero) is 2. The number of fused-ring (bicyclic) bond motifs is 1. The van der Waals surface area contributed by atoms with Gasteiger partial charge in [-0.05, 0) is 36.8 Å². The first kappa shape index (κ1) is 22.3. The number of ketones is 2. The van der Waals surface area contributed by atoms with E-state index in [1.165, 1.54) is 12.1 Å². The predicted octanol–water partition coefficient (Wildman–Crippen LogP) is 5.48. The zero-order valence-corrected chi connectivity index (χ0v) is 18.4. The van der Waals surface area contributed by atoms with Crippen molar-refractivity contribution in [1.29, 1.82) is 0 Å². The van der Waals surface area contributed by atoms with E-state index in [2.05, 4.69) is 0 Å². The van der Waals surface area contributed by atoms with Crippen molar-refractivity contribution in [3.05, 3.63) is 99.1 Å². The van der Waals surface area contributed by atoms with Gasteiger partial charge in [-0.3, -0.25) is 9.59 Å². The van der Waals surface area contributed by atoms with Crippen molar-refractivity contribution in [2.24, 2.45) is 0 Å². The maximum absolute atomic E-state index is 12.7. The van der Waals surface area contributed by atoms with Crippen LogP contribution in [-0.4, -0.2) is 29.2 Å². The van der Waals surface area contributed by atoms with Gasteiger partial charge in [-0.2, -0.15) is 0 Å². The lowest BCUT2D eigenvalue weighted by Crippen LogP contribution is -2.06. The number of allylic oxidation sites excluding steroid dienone is 1. The lowest BCUT2D eigenvalue weighted by Gasteiger charge is -2.15. The molecule has 4 rings (SSSR count). The van der Waals surface area contributed by atoms with E-state index in [0.717, 1.165) is 0 Å². The first-order chi connectivity index (χ1) is 15.9. The minimum absolute atomic E-state index is 0.0328. The fourth-order valence-corrected chi connectivity index (χ4v) is 3.92. The van der Waals surface area contributed by atoms with Gasteiger partial charge >= 0.3 is 5.97 Å². The summed E-state index contributed by atoms with van der Waals surface area (Å²) in [5, 5.41) is 9.57. The van der Waals surface area contributed by atoms with Crippen LogP contribution < -0.4 is 9.47 Å². The molecule has 0 radical (unpaired) electrons. The third-order valence-corrected chi connectivity index (χ3v) is 5.45. The number of aromatic carboxylic acids is 1. The first-order valence-corrected chi connectivity index (χ1v) is 10.6.